The summed E-state index contributed by atoms with van der Waals surface area (Å²) in [6.45, 7) is 6.72. The molecular formula is C8H11N2. The number of rotatable bonds is 2. The van der Waals surface area contributed by atoms with E-state index in [4.69, 9.17) is 0 Å². The Morgan fingerprint density at radius 3 is 3.10 bits per heavy atom. The lowest BCUT2D eigenvalue weighted by molar-refractivity contribution is 1.16. The summed E-state index contributed by atoms with van der Waals surface area (Å²) in [6.07, 6.45) is 1.75. The van der Waals surface area contributed by atoms with E-state index in [1.54, 1.807) is 6.20 Å². The minimum absolute atomic E-state index is 0.898. The Morgan fingerprint density at radius 2 is 2.50 bits per heavy atom. The molecule has 2 nitrogen and oxygen atoms in total. The summed E-state index contributed by atoms with van der Waals surface area (Å²) in [5.41, 5.74) is 0.992. The second kappa shape index (κ2) is 3.20. The van der Waals surface area contributed by atoms with Gasteiger partial charge in [-0.1, -0.05) is 0 Å². The molecule has 0 aromatic carbocycles. The van der Waals surface area contributed by atoms with Crippen LogP contribution in [-0.2, 0) is 0 Å². The van der Waals surface area contributed by atoms with Crippen molar-refractivity contribution in [1.29, 1.82) is 0 Å². The Morgan fingerprint density at radius 1 is 1.70 bits per heavy atom. The van der Waals surface area contributed by atoms with Crippen molar-refractivity contribution in [2.24, 2.45) is 0 Å². The molecule has 0 aliphatic rings. The van der Waals surface area contributed by atoms with Gasteiger partial charge in [-0.3, -0.25) is 0 Å². The van der Waals surface area contributed by atoms with E-state index in [-0.39, 0.29) is 0 Å². The second-order valence-electron chi connectivity index (χ2n) is 2.08. The molecule has 0 bridgehead atoms. The molecule has 1 radical (unpaired) electrons. The third kappa shape index (κ3) is 1.72. The molecule has 0 fully saturated rings. The van der Waals surface area contributed by atoms with Crippen LogP contribution < -0.4 is 5.32 Å². The van der Waals surface area contributed by atoms with Crippen LogP contribution in [0.4, 0.5) is 5.82 Å². The summed E-state index contributed by atoms with van der Waals surface area (Å²) in [4.78, 5) is 4.08. The number of anilines is 1. The molecule has 0 saturated heterocycles. The summed E-state index contributed by atoms with van der Waals surface area (Å²) in [5.74, 6) is 0.898. The van der Waals surface area contributed by atoms with Crippen molar-refractivity contribution in [2.45, 2.75) is 6.92 Å². The van der Waals surface area contributed by atoms with Gasteiger partial charge < -0.3 is 5.32 Å². The highest BCUT2D eigenvalue weighted by molar-refractivity contribution is 5.38. The standard InChI is InChI=1S/C8H11N2/c1-3-9-8-6-7(2)4-5-10-8/h4-6H,2-3H2,1H3,(H,9,10). The van der Waals surface area contributed by atoms with Gasteiger partial charge in [-0.15, -0.1) is 0 Å². The zero-order valence-corrected chi connectivity index (χ0v) is 6.09. The Bertz CT molecular complexity index is 208. The summed E-state index contributed by atoms with van der Waals surface area (Å²) in [5, 5.41) is 3.10. The fourth-order valence-electron chi connectivity index (χ4n) is 0.752. The minimum atomic E-state index is 0.898. The molecule has 0 unspecified atom stereocenters. The molecule has 1 heterocycles. The third-order valence-corrected chi connectivity index (χ3v) is 1.18. The van der Waals surface area contributed by atoms with E-state index in [1.165, 1.54) is 0 Å². The smallest absolute Gasteiger partial charge is 0.126 e. The molecule has 10 heavy (non-hydrogen) atoms. The molecule has 0 aliphatic heterocycles. The lowest BCUT2D eigenvalue weighted by Gasteiger charge is -2.00. The first-order valence-corrected chi connectivity index (χ1v) is 3.35. The van der Waals surface area contributed by atoms with Crippen molar-refractivity contribution in [1.82, 2.24) is 4.98 Å². The Labute approximate surface area is 61.3 Å². The summed E-state index contributed by atoms with van der Waals surface area (Å²) < 4.78 is 0. The average Bonchev–Trinajstić information content (AvgIpc) is 1.88. The van der Waals surface area contributed by atoms with E-state index in [1.807, 2.05) is 19.1 Å². The fourth-order valence-corrected chi connectivity index (χ4v) is 0.752. The molecule has 1 aromatic rings. The number of pyridine rings is 1. The maximum absolute atomic E-state index is 4.08. The highest BCUT2D eigenvalue weighted by Gasteiger charge is 1.88. The van der Waals surface area contributed by atoms with E-state index in [9.17, 15) is 0 Å². The molecule has 0 aliphatic carbocycles. The van der Waals surface area contributed by atoms with E-state index in [0.717, 1.165) is 17.9 Å². The van der Waals surface area contributed by atoms with E-state index < -0.39 is 0 Å². The van der Waals surface area contributed by atoms with E-state index in [0.29, 0.717) is 0 Å². The summed E-state index contributed by atoms with van der Waals surface area (Å²) >= 11 is 0. The van der Waals surface area contributed by atoms with Gasteiger partial charge in [0.05, 0.1) is 0 Å². The predicted octanol–water partition coefficient (Wildman–Crippen LogP) is 1.70. The van der Waals surface area contributed by atoms with Gasteiger partial charge in [0.2, 0.25) is 0 Å². The number of aromatic nitrogens is 1. The minimum Gasteiger partial charge on any atom is -0.370 e. The van der Waals surface area contributed by atoms with Gasteiger partial charge in [0, 0.05) is 12.7 Å². The highest BCUT2D eigenvalue weighted by atomic mass is 15.0. The van der Waals surface area contributed by atoms with Crippen LogP contribution in [0.15, 0.2) is 18.3 Å². The van der Waals surface area contributed by atoms with Crippen LogP contribution in [0.3, 0.4) is 0 Å². The molecule has 0 atom stereocenters. The van der Waals surface area contributed by atoms with Crippen molar-refractivity contribution in [2.75, 3.05) is 11.9 Å². The van der Waals surface area contributed by atoms with Crippen molar-refractivity contribution < 1.29 is 0 Å². The molecule has 53 valence electrons. The summed E-state index contributed by atoms with van der Waals surface area (Å²) in [7, 11) is 0. The molecule has 0 spiro atoms. The number of nitrogens with one attached hydrogen (secondary N) is 1. The molecule has 0 saturated carbocycles. The van der Waals surface area contributed by atoms with Gasteiger partial charge in [-0.05, 0) is 31.5 Å². The molecule has 1 N–H and O–H groups in total. The molecule has 0 amide bonds. The zero-order chi connectivity index (χ0) is 7.40. The number of hydrogen-bond acceptors (Lipinski definition) is 2. The van der Waals surface area contributed by atoms with Crippen LogP contribution in [-0.4, -0.2) is 11.5 Å². The monoisotopic (exact) mass is 135 g/mol. The Hall–Kier alpha value is -1.05. The van der Waals surface area contributed by atoms with Crippen LogP contribution >= 0.6 is 0 Å². The van der Waals surface area contributed by atoms with Crippen LogP contribution in [0.5, 0.6) is 0 Å². The molecular weight excluding hydrogens is 124 g/mol. The van der Waals surface area contributed by atoms with Gasteiger partial charge in [0.25, 0.3) is 0 Å². The largest absolute Gasteiger partial charge is 0.370 e. The van der Waals surface area contributed by atoms with Crippen molar-refractivity contribution in [3.8, 4) is 0 Å². The lowest BCUT2D eigenvalue weighted by atomic mass is 10.3. The van der Waals surface area contributed by atoms with Gasteiger partial charge in [0.15, 0.2) is 0 Å². The first-order valence-electron chi connectivity index (χ1n) is 3.35. The maximum atomic E-state index is 4.08. The maximum Gasteiger partial charge on any atom is 0.126 e. The Kier molecular flexibility index (Phi) is 2.26. The van der Waals surface area contributed by atoms with Gasteiger partial charge >= 0.3 is 0 Å². The quantitative estimate of drug-likeness (QED) is 0.667. The SMILES string of the molecule is [CH2]c1ccnc(NCC)c1. The fraction of sp³-hybridized carbons (Fsp3) is 0.250. The summed E-state index contributed by atoms with van der Waals surface area (Å²) in [6, 6.07) is 3.80. The first kappa shape index (κ1) is 7.06. The van der Waals surface area contributed by atoms with Crippen molar-refractivity contribution >= 4 is 5.82 Å². The second-order valence-corrected chi connectivity index (χ2v) is 2.08. The van der Waals surface area contributed by atoms with E-state index >= 15 is 0 Å². The molecule has 1 aromatic heterocycles. The van der Waals surface area contributed by atoms with Gasteiger partial charge in [0.1, 0.15) is 5.82 Å². The van der Waals surface area contributed by atoms with Crippen LogP contribution in [0.1, 0.15) is 12.5 Å². The zero-order valence-electron chi connectivity index (χ0n) is 6.09. The van der Waals surface area contributed by atoms with Gasteiger partial charge in [-0.2, -0.15) is 0 Å². The van der Waals surface area contributed by atoms with Gasteiger partial charge in [-0.25, -0.2) is 4.98 Å². The lowest BCUT2D eigenvalue weighted by Crippen LogP contribution is -1.98. The van der Waals surface area contributed by atoms with Crippen molar-refractivity contribution in [3.05, 3.63) is 30.8 Å². The number of hydrogen-bond donors (Lipinski definition) is 1. The molecule has 2 heteroatoms. The first-order chi connectivity index (χ1) is 4.83. The number of nitrogens with zero attached hydrogens (tertiary/aromatic N) is 1. The van der Waals surface area contributed by atoms with Crippen LogP contribution in [0.2, 0.25) is 0 Å². The van der Waals surface area contributed by atoms with Crippen LogP contribution in [0.25, 0.3) is 0 Å². The third-order valence-electron chi connectivity index (χ3n) is 1.18. The Balaban J connectivity index is 2.75. The predicted molar refractivity (Wildman–Crippen MR) is 42.9 cm³/mol. The van der Waals surface area contributed by atoms with Crippen LogP contribution in [0, 0.1) is 6.92 Å². The highest BCUT2D eigenvalue weighted by Crippen LogP contribution is 2.03. The normalized spacial score (nSPS) is 9.40. The molecule has 1 rings (SSSR count). The van der Waals surface area contributed by atoms with E-state index in [2.05, 4.69) is 17.2 Å². The van der Waals surface area contributed by atoms with Crippen molar-refractivity contribution in [3.63, 3.8) is 0 Å². The topological polar surface area (TPSA) is 24.9 Å². The average molecular weight is 135 g/mol.